The van der Waals surface area contributed by atoms with Crippen LogP contribution in [0.15, 0.2) is 89.1 Å². The number of rotatable bonds is 4. The smallest absolute Gasteiger partial charge is 0.253 e. The average molecular weight is 450 g/mol. The van der Waals surface area contributed by atoms with Crippen LogP contribution in [0.4, 0.5) is 8.78 Å². The Morgan fingerprint density at radius 2 is 1.44 bits per heavy atom. The highest BCUT2D eigenvalue weighted by Gasteiger charge is 2.38. The van der Waals surface area contributed by atoms with Gasteiger partial charge >= 0.3 is 0 Å². The fourth-order valence-electron chi connectivity index (χ4n) is 3.68. The minimum atomic E-state index is -4.09. The number of hydrogen-bond donors (Lipinski definition) is 0. The minimum Gasteiger partial charge on any atom is -0.253 e. The van der Waals surface area contributed by atoms with Crippen LogP contribution < -0.4 is 0 Å². The first-order valence-corrected chi connectivity index (χ1v) is 11.2. The highest BCUT2D eigenvalue weighted by Crippen LogP contribution is 2.37. The van der Waals surface area contributed by atoms with Crippen molar-refractivity contribution in [1.82, 2.24) is 14.4 Å². The van der Waals surface area contributed by atoms with E-state index in [-0.39, 0.29) is 11.3 Å². The largest absolute Gasteiger partial charge is 0.279 e. The molecule has 0 fully saturated rings. The van der Waals surface area contributed by atoms with Crippen LogP contribution in [-0.2, 0) is 10.0 Å². The molecule has 0 aliphatic carbocycles. The van der Waals surface area contributed by atoms with Crippen LogP contribution in [0.25, 0.3) is 11.0 Å². The zero-order valence-corrected chi connectivity index (χ0v) is 17.4. The predicted octanol–water partition coefficient (Wildman–Crippen LogP) is 4.45. The highest BCUT2D eigenvalue weighted by atomic mass is 32.2. The summed E-state index contributed by atoms with van der Waals surface area (Å²) in [6, 6.07) is 15.0. The van der Waals surface area contributed by atoms with Crippen molar-refractivity contribution >= 4 is 26.8 Å². The normalized spacial score (nSPS) is 16.4. The van der Waals surface area contributed by atoms with E-state index in [2.05, 4.69) is 15.1 Å². The number of aromatic nitrogens is 2. The molecule has 160 valence electrons. The molecule has 1 atom stereocenters. The van der Waals surface area contributed by atoms with Gasteiger partial charge in [-0.1, -0.05) is 18.2 Å². The maximum absolute atomic E-state index is 13.4. The lowest BCUT2D eigenvalue weighted by molar-refractivity contribution is 0.371. The molecule has 0 unspecified atom stereocenters. The molecule has 0 saturated carbocycles. The number of hydrazone groups is 1. The molecule has 1 aromatic heterocycles. The molecule has 0 radical (unpaired) electrons. The number of sulfonamides is 1. The van der Waals surface area contributed by atoms with Crippen LogP contribution >= 0.6 is 0 Å². The fraction of sp³-hybridized carbons (Fsp3) is 0.0870. The fourth-order valence-corrected chi connectivity index (χ4v) is 5.11. The van der Waals surface area contributed by atoms with Gasteiger partial charge in [-0.25, -0.2) is 8.78 Å². The summed E-state index contributed by atoms with van der Waals surface area (Å²) in [6.45, 7) is 0. The lowest BCUT2D eigenvalue weighted by Gasteiger charge is -2.23. The monoisotopic (exact) mass is 450 g/mol. The van der Waals surface area contributed by atoms with Crippen molar-refractivity contribution < 1.29 is 17.2 Å². The van der Waals surface area contributed by atoms with Gasteiger partial charge in [0.2, 0.25) is 0 Å². The molecule has 0 amide bonds. The number of nitrogens with zero attached hydrogens (tertiary/aromatic N) is 4. The van der Waals surface area contributed by atoms with E-state index in [4.69, 9.17) is 0 Å². The quantitative estimate of drug-likeness (QED) is 0.460. The van der Waals surface area contributed by atoms with Gasteiger partial charge in [0.1, 0.15) is 11.6 Å². The van der Waals surface area contributed by atoms with Crippen LogP contribution in [0.2, 0.25) is 0 Å². The van der Waals surface area contributed by atoms with Crippen LogP contribution in [-0.4, -0.2) is 28.5 Å². The van der Waals surface area contributed by atoms with Crippen molar-refractivity contribution in [2.45, 2.75) is 17.4 Å². The molecule has 3 aromatic carbocycles. The summed E-state index contributed by atoms with van der Waals surface area (Å²) in [7, 11) is -4.09. The van der Waals surface area contributed by atoms with Gasteiger partial charge in [-0.3, -0.25) is 9.97 Å². The van der Waals surface area contributed by atoms with Crippen LogP contribution in [0.3, 0.4) is 0 Å². The third-order valence-corrected chi connectivity index (χ3v) is 6.98. The summed E-state index contributed by atoms with van der Waals surface area (Å²) >= 11 is 0. The van der Waals surface area contributed by atoms with Gasteiger partial charge in [0.15, 0.2) is 0 Å². The van der Waals surface area contributed by atoms with Crippen LogP contribution in [0.1, 0.15) is 23.6 Å². The zero-order valence-electron chi connectivity index (χ0n) is 16.6. The molecule has 1 aliphatic rings. The Labute approximate surface area is 182 Å². The van der Waals surface area contributed by atoms with E-state index in [1.807, 2.05) is 0 Å². The number of fused-ring (bicyclic) bond motifs is 1. The minimum absolute atomic E-state index is 0.0754. The molecular formula is C23H16F2N4O2S. The molecule has 9 heteroatoms. The molecule has 1 aliphatic heterocycles. The maximum Gasteiger partial charge on any atom is 0.279 e. The summed E-state index contributed by atoms with van der Waals surface area (Å²) in [6.07, 6.45) is 3.42. The Balaban J connectivity index is 1.62. The Hall–Kier alpha value is -3.72. The van der Waals surface area contributed by atoms with E-state index in [9.17, 15) is 17.2 Å². The Morgan fingerprint density at radius 1 is 0.812 bits per heavy atom. The molecule has 0 saturated heterocycles. The van der Waals surface area contributed by atoms with Crippen LogP contribution in [0.5, 0.6) is 0 Å². The first-order chi connectivity index (χ1) is 15.4. The van der Waals surface area contributed by atoms with Gasteiger partial charge in [-0.15, -0.1) is 0 Å². The molecule has 6 nitrogen and oxygen atoms in total. The lowest BCUT2D eigenvalue weighted by atomic mass is 9.99. The Morgan fingerprint density at radius 3 is 2.12 bits per heavy atom. The lowest BCUT2D eigenvalue weighted by Crippen LogP contribution is -2.27. The topological polar surface area (TPSA) is 75.5 Å². The molecule has 0 spiro atoms. The average Bonchev–Trinajstić information content (AvgIpc) is 3.26. The maximum atomic E-state index is 13.4. The van der Waals surface area contributed by atoms with E-state index in [0.717, 1.165) is 16.5 Å². The van der Waals surface area contributed by atoms with Gasteiger partial charge in [-0.2, -0.15) is 17.9 Å². The van der Waals surface area contributed by atoms with E-state index in [0.29, 0.717) is 27.9 Å². The summed E-state index contributed by atoms with van der Waals surface area (Å²) in [5.74, 6) is -0.932. The molecule has 32 heavy (non-hydrogen) atoms. The van der Waals surface area contributed by atoms with E-state index < -0.39 is 27.7 Å². The van der Waals surface area contributed by atoms with Crippen molar-refractivity contribution in [3.63, 3.8) is 0 Å². The summed E-state index contributed by atoms with van der Waals surface area (Å²) in [4.78, 5) is 8.48. The molecule has 0 bridgehead atoms. The number of hydrogen-bond acceptors (Lipinski definition) is 5. The van der Waals surface area contributed by atoms with Gasteiger partial charge in [0.05, 0.1) is 27.7 Å². The summed E-state index contributed by atoms with van der Waals surface area (Å²) in [5, 5.41) is 4.41. The molecule has 5 rings (SSSR count). The van der Waals surface area contributed by atoms with Gasteiger partial charge < -0.3 is 0 Å². The predicted molar refractivity (Wildman–Crippen MR) is 115 cm³/mol. The first-order valence-electron chi connectivity index (χ1n) is 9.76. The van der Waals surface area contributed by atoms with E-state index in [1.54, 1.807) is 42.7 Å². The molecule has 2 heterocycles. The van der Waals surface area contributed by atoms with Crippen molar-refractivity contribution in [3.05, 3.63) is 102 Å². The molecule has 4 aromatic rings. The Kier molecular flexibility index (Phi) is 4.90. The van der Waals surface area contributed by atoms with Crippen molar-refractivity contribution in [2.75, 3.05) is 0 Å². The van der Waals surface area contributed by atoms with Crippen molar-refractivity contribution in [3.8, 4) is 0 Å². The highest BCUT2D eigenvalue weighted by molar-refractivity contribution is 7.89. The SMILES string of the molecule is O=S(=O)(c1ccc(F)cc1)N1N=C(c2ccc(F)cc2)C[C@@H]1c1ccc2nccnc2c1. The van der Waals surface area contributed by atoms with Gasteiger partial charge in [0, 0.05) is 18.8 Å². The van der Waals surface area contributed by atoms with Gasteiger partial charge in [0.25, 0.3) is 10.0 Å². The second-order valence-corrected chi connectivity index (χ2v) is 9.11. The second kappa shape index (κ2) is 7.76. The van der Waals surface area contributed by atoms with Crippen LogP contribution in [0, 0.1) is 11.6 Å². The number of benzene rings is 3. The van der Waals surface area contributed by atoms with Crippen molar-refractivity contribution in [2.24, 2.45) is 5.10 Å². The Bertz CT molecular complexity index is 1440. The zero-order chi connectivity index (χ0) is 22.3. The van der Waals surface area contributed by atoms with E-state index >= 15 is 0 Å². The summed E-state index contributed by atoms with van der Waals surface area (Å²) in [5.41, 5.74) is 3.11. The van der Waals surface area contributed by atoms with Gasteiger partial charge in [-0.05, 0) is 59.7 Å². The second-order valence-electron chi connectivity index (χ2n) is 7.31. The number of halogens is 2. The molecular weight excluding hydrogens is 434 g/mol. The first kappa shape index (κ1) is 20.2. The summed E-state index contributed by atoms with van der Waals surface area (Å²) < 4.78 is 54.7. The van der Waals surface area contributed by atoms with E-state index in [1.165, 1.54) is 24.3 Å². The third kappa shape index (κ3) is 3.60. The standard InChI is InChI=1S/C23H16F2N4O2S/c24-17-4-1-15(2-5-17)21-14-23(16-3-10-20-22(13-16)27-12-11-26-20)29(28-21)32(30,31)19-8-6-18(25)7-9-19/h1-13,23H,14H2/t23-/m1/s1. The molecule has 0 N–H and O–H groups in total. The van der Waals surface area contributed by atoms with Crippen molar-refractivity contribution in [1.29, 1.82) is 0 Å². The third-order valence-electron chi connectivity index (χ3n) is 5.29.